The Kier molecular flexibility index (Phi) is 5.38. The fraction of sp³-hybridized carbons (Fsp3) is 0.0857. The maximum atomic E-state index is 13.6. The molecule has 0 spiro atoms. The minimum atomic E-state index is -0.264. The highest BCUT2D eigenvalue weighted by atomic mass is 16.2. The molecule has 0 saturated carbocycles. The number of aryl methyl sites for hydroxylation is 3. The molecular weight excluding hydrogens is 508 g/mol. The van der Waals surface area contributed by atoms with Crippen molar-refractivity contribution in [3.05, 3.63) is 124 Å². The van der Waals surface area contributed by atoms with Crippen LogP contribution in [-0.4, -0.2) is 25.7 Å². The summed E-state index contributed by atoms with van der Waals surface area (Å²) in [6.45, 7) is 4.09. The number of hydrogen-bond donors (Lipinski definition) is 0. The number of carbonyl (C=O) groups is 2. The molecule has 1 aliphatic carbocycles. The number of carbonyl (C=O) groups excluding carboxylic acids is 2. The van der Waals surface area contributed by atoms with E-state index < -0.39 is 0 Å². The van der Waals surface area contributed by atoms with Crippen molar-refractivity contribution in [3.63, 3.8) is 0 Å². The van der Waals surface area contributed by atoms with Crippen LogP contribution < -0.4 is 0 Å². The number of rotatable bonds is 3. The molecule has 0 saturated heterocycles. The lowest BCUT2D eigenvalue weighted by Crippen LogP contribution is -2.05. The third kappa shape index (κ3) is 3.67. The van der Waals surface area contributed by atoms with E-state index in [4.69, 9.17) is 4.98 Å². The van der Waals surface area contributed by atoms with Crippen LogP contribution in [0.5, 0.6) is 0 Å². The minimum absolute atomic E-state index is 0.151. The molecule has 6 aromatic rings. The van der Waals surface area contributed by atoms with Gasteiger partial charge in [0, 0.05) is 23.7 Å². The molecule has 6 heteroatoms. The molecule has 0 radical (unpaired) electrons. The Morgan fingerprint density at radius 3 is 2.00 bits per heavy atom. The lowest BCUT2D eigenvalue weighted by molar-refractivity contribution is 0.0990. The van der Waals surface area contributed by atoms with Gasteiger partial charge in [0.2, 0.25) is 0 Å². The second-order valence-electron chi connectivity index (χ2n) is 10.5. The topological polar surface area (TPSA) is 80.7 Å². The van der Waals surface area contributed by atoms with Crippen molar-refractivity contribution in [1.82, 2.24) is 14.1 Å². The smallest absolute Gasteiger partial charge is 0.197 e. The number of imidazole rings is 1. The lowest BCUT2D eigenvalue weighted by Gasteiger charge is -2.14. The molecule has 6 nitrogen and oxygen atoms in total. The number of nitriles is 1. The molecule has 196 valence electrons. The Bertz CT molecular complexity index is 2090. The number of Topliss-reactive ketones (excluding diaryl/α,β-unsaturated/α-hetero) is 2. The highest BCUT2D eigenvalue weighted by Gasteiger charge is 2.34. The molecule has 0 fully saturated rings. The van der Waals surface area contributed by atoms with Crippen molar-refractivity contribution in [1.29, 1.82) is 5.26 Å². The van der Waals surface area contributed by atoms with E-state index in [-0.39, 0.29) is 17.1 Å². The number of aromatic nitrogens is 3. The maximum Gasteiger partial charge on any atom is 0.197 e. The third-order valence-corrected chi connectivity index (χ3v) is 7.97. The second kappa shape index (κ2) is 9.00. The summed E-state index contributed by atoms with van der Waals surface area (Å²) >= 11 is 0. The molecule has 2 aromatic heterocycles. The van der Waals surface area contributed by atoms with Gasteiger partial charge >= 0.3 is 0 Å². The van der Waals surface area contributed by atoms with E-state index in [0.717, 1.165) is 50.1 Å². The van der Waals surface area contributed by atoms with Gasteiger partial charge in [-0.25, -0.2) is 4.98 Å². The summed E-state index contributed by atoms with van der Waals surface area (Å²) < 4.78 is 4.04. The Morgan fingerprint density at radius 2 is 1.41 bits per heavy atom. The van der Waals surface area contributed by atoms with Crippen molar-refractivity contribution in [2.45, 2.75) is 13.8 Å². The van der Waals surface area contributed by atoms with Gasteiger partial charge < -0.3 is 4.57 Å². The zero-order chi connectivity index (χ0) is 28.4. The van der Waals surface area contributed by atoms with Crippen molar-refractivity contribution in [2.24, 2.45) is 7.05 Å². The molecule has 7 rings (SSSR count). The quantitative estimate of drug-likeness (QED) is 0.179. The highest BCUT2D eigenvalue weighted by molar-refractivity contribution is 6.42. The Labute approximate surface area is 236 Å². The molecule has 1 aliphatic rings. The van der Waals surface area contributed by atoms with Gasteiger partial charge in [-0.15, -0.1) is 0 Å². The van der Waals surface area contributed by atoms with E-state index in [9.17, 15) is 14.9 Å². The van der Waals surface area contributed by atoms with Crippen LogP contribution in [-0.2, 0) is 7.05 Å². The van der Waals surface area contributed by atoms with Crippen LogP contribution >= 0.6 is 0 Å². The molecule has 0 amide bonds. The summed E-state index contributed by atoms with van der Waals surface area (Å²) in [5.74, 6) is 0.228. The average Bonchev–Trinajstić information content (AvgIpc) is 3.57. The molecule has 0 N–H and O–H groups in total. The summed E-state index contributed by atoms with van der Waals surface area (Å²) in [4.78, 5) is 32.3. The van der Waals surface area contributed by atoms with Crippen LogP contribution in [0.25, 0.3) is 45.1 Å². The van der Waals surface area contributed by atoms with Gasteiger partial charge in [-0.2, -0.15) is 5.26 Å². The minimum Gasteiger partial charge on any atom is -0.326 e. The number of ketones is 2. The van der Waals surface area contributed by atoms with Crippen LogP contribution in [0.2, 0.25) is 0 Å². The Morgan fingerprint density at radius 1 is 0.805 bits per heavy atom. The summed E-state index contributed by atoms with van der Waals surface area (Å²) in [7, 11) is 1.95. The van der Waals surface area contributed by atoms with Gasteiger partial charge in [-0.1, -0.05) is 42.5 Å². The molecule has 0 aliphatic heterocycles. The van der Waals surface area contributed by atoms with Gasteiger partial charge in [0.1, 0.15) is 5.82 Å². The van der Waals surface area contributed by atoms with Crippen LogP contribution in [0.15, 0.2) is 90.5 Å². The summed E-state index contributed by atoms with van der Waals surface area (Å²) in [5, 5.41) is 11.1. The number of benzene rings is 4. The Balaban J connectivity index is 1.45. The second-order valence-corrected chi connectivity index (χ2v) is 10.5. The van der Waals surface area contributed by atoms with E-state index in [2.05, 4.69) is 6.07 Å². The number of para-hydroxylation sites is 1. The van der Waals surface area contributed by atoms with Crippen molar-refractivity contribution in [3.8, 4) is 23.1 Å². The first kappa shape index (κ1) is 24.5. The van der Waals surface area contributed by atoms with Crippen LogP contribution in [0.1, 0.15) is 43.1 Å². The molecule has 0 atom stereocenters. The number of nitrogens with zero attached hydrogens (tertiary/aromatic N) is 4. The van der Waals surface area contributed by atoms with Gasteiger partial charge in [-0.3, -0.25) is 14.2 Å². The van der Waals surface area contributed by atoms with E-state index in [0.29, 0.717) is 22.4 Å². The van der Waals surface area contributed by atoms with Crippen molar-refractivity contribution in [2.75, 3.05) is 0 Å². The highest BCUT2D eigenvalue weighted by Crippen LogP contribution is 2.35. The largest absolute Gasteiger partial charge is 0.326 e. The van der Waals surface area contributed by atoms with E-state index in [1.165, 1.54) is 0 Å². The Hall–Kier alpha value is -5.54. The maximum absolute atomic E-state index is 13.6. The molecule has 0 bridgehead atoms. The summed E-state index contributed by atoms with van der Waals surface area (Å²) in [6, 6.07) is 29.0. The SMILES string of the molecule is Cc1cccc(C)c1-n1c(C=C2C(=O)c3cc4ccccc4cc3C2=O)cc2c1nc(-c1ccc(C#N)cc1)n2C. The van der Waals surface area contributed by atoms with Crippen molar-refractivity contribution < 1.29 is 9.59 Å². The first-order chi connectivity index (χ1) is 19.9. The predicted molar refractivity (Wildman–Crippen MR) is 160 cm³/mol. The summed E-state index contributed by atoms with van der Waals surface area (Å²) in [5.41, 5.74) is 7.84. The normalized spacial score (nSPS) is 12.8. The fourth-order valence-electron chi connectivity index (χ4n) is 5.89. The summed E-state index contributed by atoms with van der Waals surface area (Å²) in [6.07, 6.45) is 1.71. The van der Waals surface area contributed by atoms with E-state index in [1.54, 1.807) is 18.2 Å². The van der Waals surface area contributed by atoms with Gasteiger partial charge in [0.15, 0.2) is 17.2 Å². The lowest BCUT2D eigenvalue weighted by atomic mass is 10.0. The van der Waals surface area contributed by atoms with Gasteiger partial charge in [0.05, 0.1) is 34.1 Å². The van der Waals surface area contributed by atoms with Crippen LogP contribution in [0, 0.1) is 25.2 Å². The van der Waals surface area contributed by atoms with E-state index >= 15 is 0 Å². The molecule has 2 heterocycles. The first-order valence-corrected chi connectivity index (χ1v) is 13.3. The average molecular weight is 533 g/mol. The zero-order valence-corrected chi connectivity index (χ0v) is 22.8. The molecule has 41 heavy (non-hydrogen) atoms. The predicted octanol–water partition coefficient (Wildman–Crippen LogP) is 7.14. The monoisotopic (exact) mass is 532 g/mol. The number of allylic oxidation sites excluding steroid dienone is 1. The van der Waals surface area contributed by atoms with Crippen molar-refractivity contribution >= 4 is 39.6 Å². The van der Waals surface area contributed by atoms with Gasteiger partial charge in [0.25, 0.3) is 0 Å². The van der Waals surface area contributed by atoms with Crippen LogP contribution in [0.4, 0.5) is 0 Å². The standard InChI is InChI=1S/C35H24N4O2/c1-20-7-6-8-21(2)31(20)39-26(18-30-35(39)37-34(38(30)3)23-13-11-22(19-36)12-14-23)17-29-32(40)27-15-24-9-4-5-10-25(24)16-28(27)33(29)41/h4-18H,1-3H3. The first-order valence-electron chi connectivity index (χ1n) is 13.3. The molecule has 0 unspecified atom stereocenters. The molecule has 4 aromatic carbocycles. The number of hydrogen-bond acceptors (Lipinski definition) is 4. The van der Waals surface area contributed by atoms with E-state index in [1.807, 2.05) is 103 Å². The fourth-order valence-corrected chi connectivity index (χ4v) is 5.89. The third-order valence-electron chi connectivity index (χ3n) is 7.97. The van der Waals surface area contributed by atoms with Gasteiger partial charge in [-0.05, 0) is 84.3 Å². The number of fused-ring (bicyclic) bond motifs is 3. The van der Waals surface area contributed by atoms with Crippen LogP contribution in [0.3, 0.4) is 0 Å². The zero-order valence-electron chi connectivity index (χ0n) is 22.8. The molecular formula is C35H24N4O2.